The van der Waals surface area contributed by atoms with E-state index in [2.05, 4.69) is 63.4 Å². The van der Waals surface area contributed by atoms with Gasteiger partial charge in [-0.05, 0) is 103 Å². The Kier molecular flexibility index (Phi) is 3.81. The van der Waals surface area contributed by atoms with E-state index < -0.39 is 0 Å². The quantitative estimate of drug-likeness (QED) is 0.777. The van der Waals surface area contributed by atoms with E-state index in [-0.39, 0.29) is 16.9 Å². The summed E-state index contributed by atoms with van der Waals surface area (Å²) in [5.74, 6) is 1.42. The lowest BCUT2D eigenvalue weighted by Crippen LogP contribution is -2.60. The molecule has 4 aliphatic rings. The van der Waals surface area contributed by atoms with Crippen molar-refractivity contribution in [1.82, 2.24) is 14.8 Å². The Bertz CT molecular complexity index is 886. The van der Waals surface area contributed by atoms with Crippen molar-refractivity contribution >= 4 is 27.5 Å². The first-order chi connectivity index (χ1) is 12.9. The van der Waals surface area contributed by atoms with Crippen molar-refractivity contribution in [2.75, 3.05) is 5.32 Å². The maximum atomic E-state index is 13.5. The van der Waals surface area contributed by atoms with Crippen LogP contribution in [-0.2, 0) is 10.3 Å². The van der Waals surface area contributed by atoms with Crippen LogP contribution in [0, 0.1) is 31.1 Å². The highest BCUT2D eigenvalue weighted by molar-refractivity contribution is 9.10. The monoisotopic (exact) mass is 428 g/mol. The fourth-order valence-electron chi connectivity index (χ4n) is 6.53. The molecule has 1 heterocycles. The van der Waals surface area contributed by atoms with Gasteiger partial charge >= 0.3 is 0 Å². The molecule has 1 amide bonds. The maximum Gasteiger partial charge on any atom is 0.230 e. The smallest absolute Gasteiger partial charge is 0.230 e. The van der Waals surface area contributed by atoms with Gasteiger partial charge in [0.1, 0.15) is 6.33 Å². The average molecular weight is 429 g/mol. The molecule has 6 heteroatoms. The van der Waals surface area contributed by atoms with Crippen molar-refractivity contribution in [1.29, 1.82) is 0 Å². The molecule has 142 valence electrons. The largest absolute Gasteiger partial charge is 0.326 e. The molecule has 1 aromatic heterocycles. The second-order valence-electron chi connectivity index (χ2n) is 9.25. The lowest BCUT2D eigenvalue weighted by molar-refractivity contribution is -0.150. The molecule has 4 saturated carbocycles. The molecule has 6 rings (SSSR count). The average Bonchev–Trinajstić information content (AvgIpc) is 3.00. The fourth-order valence-corrected chi connectivity index (χ4v) is 6.79. The lowest BCUT2D eigenvalue weighted by Gasteiger charge is -2.60. The van der Waals surface area contributed by atoms with Gasteiger partial charge in [0, 0.05) is 5.69 Å². The maximum absolute atomic E-state index is 13.5. The molecule has 2 unspecified atom stereocenters. The third-order valence-electron chi connectivity index (χ3n) is 6.94. The Morgan fingerprint density at radius 3 is 2.41 bits per heavy atom. The van der Waals surface area contributed by atoms with Crippen molar-refractivity contribution in [3.63, 3.8) is 0 Å². The molecule has 0 radical (unpaired) electrons. The molecular weight excluding hydrogens is 404 g/mol. The highest BCUT2D eigenvalue weighted by atomic mass is 79.9. The van der Waals surface area contributed by atoms with E-state index >= 15 is 0 Å². The van der Waals surface area contributed by atoms with Gasteiger partial charge in [0.05, 0.1) is 11.0 Å². The normalized spacial score (nSPS) is 34.0. The number of hydrogen-bond donors (Lipinski definition) is 1. The number of anilines is 1. The molecule has 1 N–H and O–H groups in total. The van der Waals surface area contributed by atoms with Gasteiger partial charge in [0.15, 0.2) is 0 Å². The summed E-state index contributed by atoms with van der Waals surface area (Å²) < 4.78 is 2.68. The molecule has 0 aliphatic heterocycles. The number of nitrogens with one attached hydrogen (secondary N) is 1. The van der Waals surface area contributed by atoms with Crippen LogP contribution in [0.3, 0.4) is 0 Å². The van der Waals surface area contributed by atoms with E-state index in [0.29, 0.717) is 16.6 Å². The molecule has 4 bridgehead atoms. The summed E-state index contributed by atoms with van der Waals surface area (Å²) >= 11 is 3.39. The summed E-state index contributed by atoms with van der Waals surface area (Å²) in [5, 5.41) is 7.85. The predicted octanol–water partition coefficient (Wildman–Crippen LogP) is 4.59. The van der Waals surface area contributed by atoms with Gasteiger partial charge in [-0.1, -0.05) is 6.07 Å². The van der Waals surface area contributed by atoms with E-state index in [4.69, 9.17) is 0 Å². The first kappa shape index (κ1) is 17.4. The fraction of sp³-hybridized carbons (Fsp3) is 0.571. The minimum atomic E-state index is -0.278. The van der Waals surface area contributed by atoms with Crippen LogP contribution in [0.1, 0.15) is 49.7 Å². The van der Waals surface area contributed by atoms with Crippen LogP contribution in [0.15, 0.2) is 29.3 Å². The zero-order valence-corrected chi connectivity index (χ0v) is 17.4. The van der Waals surface area contributed by atoms with E-state index in [0.717, 1.165) is 37.8 Å². The number of rotatable bonds is 3. The van der Waals surface area contributed by atoms with Gasteiger partial charge in [-0.3, -0.25) is 4.79 Å². The Morgan fingerprint density at radius 1 is 1.15 bits per heavy atom. The third kappa shape index (κ3) is 2.84. The summed E-state index contributed by atoms with van der Waals surface area (Å²) in [6, 6.07) is 6.27. The van der Waals surface area contributed by atoms with Gasteiger partial charge < -0.3 is 5.32 Å². The number of amides is 1. The first-order valence-electron chi connectivity index (χ1n) is 9.83. The van der Waals surface area contributed by atoms with E-state index in [1.165, 1.54) is 17.5 Å². The van der Waals surface area contributed by atoms with Gasteiger partial charge in [-0.2, -0.15) is 0 Å². The lowest BCUT2D eigenvalue weighted by atomic mass is 9.46. The molecular formula is C21H25BrN4O. The third-order valence-corrected chi connectivity index (χ3v) is 7.30. The molecule has 2 aromatic rings. The second-order valence-corrected chi connectivity index (χ2v) is 9.96. The molecule has 1 aromatic carbocycles. The number of aryl methyl sites for hydroxylation is 2. The van der Waals surface area contributed by atoms with Crippen LogP contribution in [0.25, 0.3) is 0 Å². The molecule has 27 heavy (non-hydrogen) atoms. The highest BCUT2D eigenvalue weighted by Gasteiger charge is 2.61. The zero-order chi connectivity index (χ0) is 18.8. The number of hydrogen-bond acceptors (Lipinski definition) is 3. The first-order valence-corrected chi connectivity index (χ1v) is 10.6. The summed E-state index contributed by atoms with van der Waals surface area (Å²) in [4.78, 5) is 17.8. The standard InChI is InChI=1S/C21H25BrN4O/c1-13-3-14(2)5-17(4-13)24-18(27)20-7-15-6-16(8-20)10-21(9-15,11-20)26-12-23-19(22)25-26/h3-5,12,15-16H,6-11H2,1-2H3,(H,24,27). The Labute approximate surface area is 168 Å². The van der Waals surface area contributed by atoms with Crippen LogP contribution in [-0.4, -0.2) is 20.7 Å². The van der Waals surface area contributed by atoms with Gasteiger partial charge in [-0.25, -0.2) is 9.67 Å². The van der Waals surface area contributed by atoms with E-state index in [1.807, 2.05) is 11.0 Å². The van der Waals surface area contributed by atoms with Crippen LogP contribution >= 0.6 is 15.9 Å². The predicted molar refractivity (Wildman–Crippen MR) is 107 cm³/mol. The summed E-state index contributed by atoms with van der Waals surface area (Å²) in [7, 11) is 0. The summed E-state index contributed by atoms with van der Waals surface area (Å²) in [5.41, 5.74) is 2.95. The van der Waals surface area contributed by atoms with Crippen LogP contribution in [0.5, 0.6) is 0 Å². The Morgan fingerprint density at radius 2 is 1.81 bits per heavy atom. The highest BCUT2D eigenvalue weighted by Crippen LogP contribution is 2.64. The molecule has 2 atom stereocenters. The molecule has 4 aliphatic carbocycles. The van der Waals surface area contributed by atoms with E-state index in [1.54, 1.807) is 0 Å². The number of aromatic nitrogens is 3. The minimum Gasteiger partial charge on any atom is -0.326 e. The molecule has 5 nitrogen and oxygen atoms in total. The van der Waals surface area contributed by atoms with Crippen molar-refractivity contribution in [2.45, 2.75) is 57.9 Å². The van der Waals surface area contributed by atoms with E-state index in [9.17, 15) is 4.79 Å². The topological polar surface area (TPSA) is 59.8 Å². The van der Waals surface area contributed by atoms with Crippen molar-refractivity contribution in [3.05, 3.63) is 40.4 Å². The van der Waals surface area contributed by atoms with Crippen LogP contribution in [0.2, 0.25) is 0 Å². The van der Waals surface area contributed by atoms with Gasteiger partial charge in [0.25, 0.3) is 0 Å². The molecule has 0 spiro atoms. The number of nitrogens with zero attached hydrogens (tertiary/aromatic N) is 3. The van der Waals surface area contributed by atoms with Crippen molar-refractivity contribution in [2.24, 2.45) is 17.3 Å². The van der Waals surface area contributed by atoms with Gasteiger partial charge in [-0.15, -0.1) is 5.10 Å². The van der Waals surface area contributed by atoms with Crippen molar-refractivity contribution < 1.29 is 4.79 Å². The number of carbonyl (C=O) groups excluding carboxylic acids is 1. The zero-order valence-electron chi connectivity index (χ0n) is 15.8. The van der Waals surface area contributed by atoms with Crippen molar-refractivity contribution in [3.8, 4) is 0 Å². The SMILES string of the molecule is Cc1cc(C)cc(NC(=O)C23CC4CC(C2)CC(n2cnc(Br)n2)(C4)C3)c1. The van der Waals surface area contributed by atoms with Crippen LogP contribution < -0.4 is 5.32 Å². The number of benzene rings is 1. The summed E-state index contributed by atoms with van der Waals surface area (Å²) in [6.07, 6.45) is 8.24. The molecule has 4 fully saturated rings. The van der Waals surface area contributed by atoms with Gasteiger partial charge in [0.2, 0.25) is 10.6 Å². The summed E-state index contributed by atoms with van der Waals surface area (Å²) in [6.45, 7) is 4.15. The van der Waals surface area contributed by atoms with Crippen LogP contribution in [0.4, 0.5) is 5.69 Å². The Balaban J connectivity index is 1.47. The number of carbonyl (C=O) groups is 1. The number of halogens is 1. The Hall–Kier alpha value is -1.69. The second kappa shape index (κ2) is 5.90. The molecule has 0 saturated heterocycles. The minimum absolute atomic E-state index is 0.0526.